The third kappa shape index (κ3) is 3.30. The van der Waals surface area contributed by atoms with Crippen LogP contribution < -0.4 is 5.32 Å². The van der Waals surface area contributed by atoms with Gasteiger partial charge in [-0.2, -0.15) is 8.42 Å². The van der Waals surface area contributed by atoms with Crippen molar-refractivity contribution >= 4 is 42.4 Å². The van der Waals surface area contributed by atoms with Gasteiger partial charge in [0.25, 0.3) is 10.0 Å². The van der Waals surface area contributed by atoms with E-state index >= 15 is 0 Å². The van der Waals surface area contributed by atoms with E-state index < -0.39 is 10.0 Å². The van der Waals surface area contributed by atoms with Gasteiger partial charge in [-0.1, -0.05) is 34.1 Å². The highest BCUT2D eigenvalue weighted by Crippen LogP contribution is 2.34. The van der Waals surface area contributed by atoms with E-state index in [4.69, 9.17) is 0 Å². The maximum atomic E-state index is 12.5. The van der Waals surface area contributed by atoms with Gasteiger partial charge in [-0.25, -0.2) is 0 Å². The summed E-state index contributed by atoms with van der Waals surface area (Å²) < 4.78 is 29.8. The summed E-state index contributed by atoms with van der Waals surface area (Å²) in [7, 11) is -3.71. The first-order valence-corrected chi connectivity index (χ1v) is 9.67. The fourth-order valence-corrected chi connectivity index (χ4v) is 4.65. The van der Waals surface area contributed by atoms with Gasteiger partial charge in [-0.3, -0.25) is 0 Å². The van der Waals surface area contributed by atoms with Crippen molar-refractivity contribution in [3.05, 3.63) is 69.2 Å². The zero-order chi connectivity index (χ0) is 17.5. The number of rotatable bonds is 2. The Morgan fingerprint density at radius 3 is 2.29 bits per heavy atom. The lowest BCUT2D eigenvalue weighted by Gasteiger charge is -2.09. The van der Waals surface area contributed by atoms with Crippen LogP contribution in [0, 0.1) is 13.8 Å². The van der Waals surface area contributed by atoms with Crippen molar-refractivity contribution in [1.82, 2.24) is 0 Å². The third-order valence-corrected chi connectivity index (χ3v) is 5.71. The number of nitrogens with zero attached hydrogens (tertiary/aromatic N) is 1. The van der Waals surface area contributed by atoms with Crippen molar-refractivity contribution in [2.24, 2.45) is 4.40 Å². The van der Waals surface area contributed by atoms with Gasteiger partial charge >= 0.3 is 0 Å². The first kappa shape index (κ1) is 16.9. The molecule has 0 aromatic heterocycles. The van der Waals surface area contributed by atoms with Crippen LogP contribution in [-0.4, -0.2) is 14.3 Å². The van der Waals surface area contributed by atoms with Crippen LogP contribution in [0.1, 0.15) is 23.6 Å². The second kappa shape index (κ2) is 6.18. The van der Waals surface area contributed by atoms with Crippen LogP contribution in [0.3, 0.4) is 0 Å². The molecular formula is C18H17BrN2O2S. The summed E-state index contributed by atoms with van der Waals surface area (Å²) in [5.41, 5.74) is 4.28. The molecule has 0 unspecified atom stereocenters. The zero-order valence-corrected chi connectivity index (χ0v) is 16.0. The average Bonchev–Trinajstić information content (AvgIpc) is 2.67. The summed E-state index contributed by atoms with van der Waals surface area (Å²) in [5.74, 6) is 0.370. The van der Waals surface area contributed by atoms with Gasteiger partial charge in [0.2, 0.25) is 0 Å². The summed E-state index contributed by atoms with van der Waals surface area (Å²) in [5, 5.41) is 3.14. The molecule has 1 aliphatic heterocycles. The number of sulfonamides is 1. The number of halogens is 1. The highest BCUT2D eigenvalue weighted by molar-refractivity contribution is 9.10. The van der Waals surface area contributed by atoms with Crippen LogP contribution in [0.2, 0.25) is 0 Å². The monoisotopic (exact) mass is 404 g/mol. The van der Waals surface area contributed by atoms with E-state index in [9.17, 15) is 8.42 Å². The normalized spacial score (nSPS) is 16.2. The molecule has 6 heteroatoms. The fourth-order valence-electron chi connectivity index (χ4n) is 2.83. The first-order valence-electron chi connectivity index (χ1n) is 7.44. The number of nitrogens with one attached hydrogen (secondary N) is 1. The predicted molar refractivity (Wildman–Crippen MR) is 103 cm³/mol. The second-order valence-electron chi connectivity index (χ2n) is 5.88. The maximum Gasteiger partial charge on any atom is 0.285 e. The molecule has 0 saturated carbocycles. The Kier molecular flexibility index (Phi) is 4.36. The van der Waals surface area contributed by atoms with Gasteiger partial charge in [0.05, 0.1) is 0 Å². The number of aryl methyl sites for hydroxylation is 2. The topological polar surface area (TPSA) is 58.5 Å². The van der Waals surface area contributed by atoms with Crippen molar-refractivity contribution < 1.29 is 8.42 Å². The molecule has 24 heavy (non-hydrogen) atoms. The summed E-state index contributed by atoms with van der Waals surface area (Å²) in [6.45, 7) is 5.78. The molecule has 4 nitrogen and oxygen atoms in total. The quantitative estimate of drug-likeness (QED) is 0.791. The molecule has 0 radical (unpaired) electrons. The number of hydrogen-bond donors (Lipinski definition) is 1. The van der Waals surface area contributed by atoms with Gasteiger partial charge < -0.3 is 5.32 Å². The van der Waals surface area contributed by atoms with Gasteiger partial charge in [0.15, 0.2) is 0 Å². The van der Waals surface area contributed by atoms with E-state index in [1.54, 1.807) is 19.1 Å². The minimum absolute atomic E-state index is 0.246. The largest absolute Gasteiger partial charge is 0.339 e. The van der Waals surface area contributed by atoms with E-state index in [-0.39, 0.29) is 4.91 Å². The molecule has 0 atom stereocenters. The summed E-state index contributed by atoms with van der Waals surface area (Å²) in [6, 6.07) is 13.2. The van der Waals surface area contributed by atoms with Crippen molar-refractivity contribution in [3.8, 4) is 0 Å². The Labute approximate surface area is 150 Å². The molecule has 0 amide bonds. The third-order valence-electron chi connectivity index (χ3n) is 3.74. The van der Waals surface area contributed by atoms with Crippen molar-refractivity contribution in [1.29, 1.82) is 0 Å². The highest BCUT2D eigenvalue weighted by Gasteiger charge is 2.31. The van der Waals surface area contributed by atoms with Crippen molar-refractivity contribution in [2.45, 2.75) is 20.8 Å². The van der Waals surface area contributed by atoms with Crippen molar-refractivity contribution in [3.63, 3.8) is 0 Å². The lowest BCUT2D eigenvalue weighted by molar-refractivity contribution is 0.608. The fraction of sp³-hybridized carbons (Fsp3) is 0.167. The average molecular weight is 405 g/mol. The molecule has 2 aromatic carbocycles. The first-order chi connectivity index (χ1) is 11.3. The lowest BCUT2D eigenvalue weighted by Crippen LogP contribution is -2.11. The summed E-state index contributed by atoms with van der Waals surface area (Å²) in [6.07, 6.45) is 0. The Morgan fingerprint density at radius 2 is 1.67 bits per heavy atom. The SMILES string of the molecule is CC1=C(c2cccc(Br)c2)S(=O)(=O)N=C1Nc1cc(C)cc(C)c1. The molecule has 0 saturated heterocycles. The molecule has 3 rings (SSSR count). The standard InChI is InChI=1S/C18H17BrN2O2S/c1-11-7-12(2)9-16(8-11)20-18-13(3)17(24(22,23)21-18)14-5-4-6-15(19)10-14/h4-10H,1-3H3,(H,20,21). The number of benzene rings is 2. The van der Waals surface area contributed by atoms with Crippen LogP contribution in [0.4, 0.5) is 5.69 Å². The molecule has 0 bridgehead atoms. The maximum absolute atomic E-state index is 12.5. The van der Waals surface area contributed by atoms with Crippen LogP contribution in [-0.2, 0) is 10.0 Å². The summed E-state index contributed by atoms with van der Waals surface area (Å²) in [4.78, 5) is 0.246. The number of hydrogen-bond acceptors (Lipinski definition) is 3. The van der Waals surface area contributed by atoms with Gasteiger partial charge in [-0.15, -0.1) is 4.40 Å². The molecule has 0 aliphatic carbocycles. The molecule has 1 heterocycles. The van der Waals surface area contributed by atoms with Crippen LogP contribution >= 0.6 is 15.9 Å². The molecule has 1 aliphatic rings. The molecular weight excluding hydrogens is 388 g/mol. The van der Waals surface area contributed by atoms with E-state index in [1.165, 1.54) is 0 Å². The van der Waals surface area contributed by atoms with Crippen LogP contribution in [0.5, 0.6) is 0 Å². The molecule has 0 spiro atoms. The number of anilines is 1. The Bertz CT molecular complexity index is 972. The Hall–Kier alpha value is -1.92. The highest BCUT2D eigenvalue weighted by atomic mass is 79.9. The van der Waals surface area contributed by atoms with E-state index in [0.717, 1.165) is 21.3 Å². The predicted octanol–water partition coefficient (Wildman–Crippen LogP) is 4.65. The minimum atomic E-state index is -3.71. The van der Waals surface area contributed by atoms with Gasteiger partial charge in [-0.05, 0) is 61.7 Å². The minimum Gasteiger partial charge on any atom is -0.339 e. The Balaban J connectivity index is 2.04. The van der Waals surface area contributed by atoms with E-state index in [0.29, 0.717) is 17.0 Å². The second-order valence-corrected chi connectivity index (χ2v) is 8.34. The molecule has 124 valence electrons. The molecule has 2 aromatic rings. The van der Waals surface area contributed by atoms with Crippen LogP contribution in [0.15, 0.2) is 56.9 Å². The number of amidine groups is 1. The zero-order valence-electron chi connectivity index (χ0n) is 13.6. The smallest absolute Gasteiger partial charge is 0.285 e. The van der Waals surface area contributed by atoms with E-state index in [1.807, 2.05) is 38.1 Å². The molecule has 1 N–H and O–H groups in total. The van der Waals surface area contributed by atoms with Crippen molar-refractivity contribution in [2.75, 3.05) is 5.32 Å². The van der Waals surface area contributed by atoms with Crippen LogP contribution in [0.25, 0.3) is 4.91 Å². The summed E-state index contributed by atoms with van der Waals surface area (Å²) >= 11 is 3.38. The molecule has 0 fully saturated rings. The van der Waals surface area contributed by atoms with Gasteiger partial charge in [0, 0.05) is 15.7 Å². The lowest BCUT2D eigenvalue weighted by atomic mass is 10.1. The Morgan fingerprint density at radius 1 is 1.00 bits per heavy atom. The van der Waals surface area contributed by atoms with Gasteiger partial charge in [0.1, 0.15) is 10.7 Å². The van der Waals surface area contributed by atoms with E-state index in [2.05, 4.69) is 31.7 Å².